The lowest BCUT2D eigenvalue weighted by Gasteiger charge is -2.31. The third-order valence-corrected chi connectivity index (χ3v) is 5.33. The molecule has 19 heavy (non-hydrogen) atoms. The summed E-state index contributed by atoms with van der Waals surface area (Å²) in [6.07, 6.45) is -0.214. The fourth-order valence-electron chi connectivity index (χ4n) is 2.18. The summed E-state index contributed by atoms with van der Waals surface area (Å²) in [5.41, 5.74) is 7.26. The van der Waals surface area contributed by atoms with Crippen LogP contribution in [0.4, 0.5) is 0 Å². The van der Waals surface area contributed by atoms with Gasteiger partial charge >= 0.3 is 0 Å². The van der Waals surface area contributed by atoms with Gasteiger partial charge in [0.25, 0.3) is 0 Å². The van der Waals surface area contributed by atoms with E-state index in [4.69, 9.17) is 10.5 Å². The molecule has 1 heterocycles. The van der Waals surface area contributed by atoms with Gasteiger partial charge in [0.15, 0.2) is 0 Å². The number of morpholine rings is 1. The summed E-state index contributed by atoms with van der Waals surface area (Å²) in [5.74, 6) is 0. The predicted octanol–water partition coefficient (Wildman–Crippen LogP) is 0.652. The second kappa shape index (κ2) is 5.58. The second-order valence-corrected chi connectivity index (χ2v) is 6.77. The van der Waals surface area contributed by atoms with Crippen molar-refractivity contribution in [3.63, 3.8) is 0 Å². The smallest absolute Gasteiger partial charge is 0.243 e. The molecular formula is C13H20N2O3S. The van der Waals surface area contributed by atoms with Gasteiger partial charge < -0.3 is 10.5 Å². The highest BCUT2D eigenvalue weighted by atomic mass is 32.2. The maximum Gasteiger partial charge on any atom is 0.243 e. The van der Waals surface area contributed by atoms with Crippen LogP contribution < -0.4 is 5.73 Å². The van der Waals surface area contributed by atoms with Gasteiger partial charge in [-0.2, -0.15) is 4.31 Å². The van der Waals surface area contributed by atoms with Crippen LogP contribution in [0.15, 0.2) is 23.1 Å². The van der Waals surface area contributed by atoms with Crippen molar-refractivity contribution < 1.29 is 13.2 Å². The third-order valence-electron chi connectivity index (χ3n) is 3.33. The van der Waals surface area contributed by atoms with E-state index in [0.717, 1.165) is 11.1 Å². The Labute approximate surface area is 114 Å². The number of sulfonamides is 1. The fourth-order valence-corrected chi connectivity index (χ4v) is 3.94. The van der Waals surface area contributed by atoms with E-state index in [1.165, 1.54) is 4.31 Å². The van der Waals surface area contributed by atoms with Gasteiger partial charge in [0.1, 0.15) is 0 Å². The van der Waals surface area contributed by atoms with Crippen molar-refractivity contribution >= 4 is 10.0 Å². The molecule has 0 aliphatic carbocycles. The van der Waals surface area contributed by atoms with Crippen LogP contribution in [0.25, 0.3) is 0 Å². The number of hydrogen-bond acceptors (Lipinski definition) is 4. The largest absolute Gasteiger partial charge is 0.374 e. The zero-order valence-corrected chi connectivity index (χ0v) is 12.1. The average Bonchev–Trinajstić information content (AvgIpc) is 2.41. The minimum absolute atomic E-state index is 0.214. The van der Waals surface area contributed by atoms with Crippen molar-refractivity contribution in [1.29, 1.82) is 0 Å². The maximum absolute atomic E-state index is 12.7. The van der Waals surface area contributed by atoms with Crippen LogP contribution in [0, 0.1) is 13.8 Å². The first-order chi connectivity index (χ1) is 8.95. The van der Waals surface area contributed by atoms with Crippen molar-refractivity contribution in [2.45, 2.75) is 24.8 Å². The van der Waals surface area contributed by atoms with Crippen LogP contribution in [0.2, 0.25) is 0 Å². The topological polar surface area (TPSA) is 72.6 Å². The van der Waals surface area contributed by atoms with Crippen molar-refractivity contribution in [2.24, 2.45) is 5.73 Å². The van der Waals surface area contributed by atoms with E-state index in [1.807, 2.05) is 26.0 Å². The quantitative estimate of drug-likeness (QED) is 0.884. The van der Waals surface area contributed by atoms with Crippen molar-refractivity contribution in [3.05, 3.63) is 29.3 Å². The first kappa shape index (κ1) is 14.5. The van der Waals surface area contributed by atoms with Gasteiger partial charge in [0.05, 0.1) is 17.6 Å². The summed E-state index contributed by atoms with van der Waals surface area (Å²) < 4.78 is 32.2. The minimum atomic E-state index is -3.46. The van der Waals surface area contributed by atoms with Gasteiger partial charge in [0, 0.05) is 19.6 Å². The molecule has 0 saturated carbocycles. The number of ether oxygens (including phenoxy) is 1. The number of aryl methyl sites for hydroxylation is 2. The number of nitrogens with zero attached hydrogens (tertiary/aromatic N) is 1. The molecule has 1 fully saturated rings. The molecule has 1 aliphatic rings. The molecule has 0 aromatic heterocycles. The van der Waals surface area contributed by atoms with Gasteiger partial charge in [-0.25, -0.2) is 8.42 Å². The van der Waals surface area contributed by atoms with E-state index >= 15 is 0 Å². The lowest BCUT2D eigenvalue weighted by molar-refractivity contribution is 0.00449. The Hall–Kier alpha value is -0.950. The molecule has 1 aromatic rings. The highest BCUT2D eigenvalue weighted by Crippen LogP contribution is 2.22. The van der Waals surface area contributed by atoms with Gasteiger partial charge in [-0.3, -0.25) is 0 Å². The van der Waals surface area contributed by atoms with E-state index in [-0.39, 0.29) is 6.10 Å². The van der Waals surface area contributed by atoms with Crippen LogP contribution in [0.1, 0.15) is 11.1 Å². The second-order valence-electron chi connectivity index (χ2n) is 4.86. The lowest BCUT2D eigenvalue weighted by atomic mass is 10.2. The maximum atomic E-state index is 12.7. The lowest BCUT2D eigenvalue weighted by Crippen LogP contribution is -2.48. The Balaban J connectivity index is 2.34. The minimum Gasteiger partial charge on any atom is -0.374 e. The van der Waals surface area contributed by atoms with Gasteiger partial charge in [-0.1, -0.05) is 12.1 Å². The molecule has 6 heteroatoms. The Morgan fingerprint density at radius 1 is 1.42 bits per heavy atom. The van der Waals surface area contributed by atoms with Crippen LogP contribution in [0.3, 0.4) is 0 Å². The zero-order chi connectivity index (χ0) is 14.0. The molecule has 1 atom stereocenters. The third kappa shape index (κ3) is 2.97. The molecule has 0 unspecified atom stereocenters. The molecule has 0 spiro atoms. The normalized spacial score (nSPS) is 21.5. The molecule has 5 nitrogen and oxygen atoms in total. The average molecular weight is 284 g/mol. The summed E-state index contributed by atoms with van der Waals surface area (Å²) in [4.78, 5) is 0.380. The molecule has 2 N–H and O–H groups in total. The summed E-state index contributed by atoms with van der Waals surface area (Å²) in [6.45, 7) is 5.14. The first-order valence-electron chi connectivity index (χ1n) is 6.34. The molecule has 1 aliphatic heterocycles. The molecule has 0 bridgehead atoms. The van der Waals surface area contributed by atoms with E-state index in [9.17, 15) is 8.42 Å². The molecular weight excluding hydrogens is 264 g/mol. The summed E-state index contributed by atoms with van der Waals surface area (Å²) in [6, 6.07) is 5.47. The van der Waals surface area contributed by atoms with E-state index < -0.39 is 10.0 Å². The van der Waals surface area contributed by atoms with E-state index in [0.29, 0.717) is 31.1 Å². The molecule has 1 saturated heterocycles. The van der Waals surface area contributed by atoms with E-state index in [1.54, 1.807) is 6.07 Å². The first-order valence-corrected chi connectivity index (χ1v) is 7.78. The molecule has 2 rings (SSSR count). The molecule has 0 amide bonds. The Morgan fingerprint density at radius 3 is 2.84 bits per heavy atom. The van der Waals surface area contributed by atoms with Crippen LogP contribution >= 0.6 is 0 Å². The van der Waals surface area contributed by atoms with E-state index in [2.05, 4.69) is 0 Å². The summed E-state index contributed by atoms with van der Waals surface area (Å²) >= 11 is 0. The van der Waals surface area contributed by atoms with Crippen molar-refractivity contribution in [3.8, 4) is 0 Å². The monoisotopic (exact) mass is 284 g/mol. The fraction of sp³-hybridized carbons (Fsp3) is 0.538. The van der Waals surface area contributed by atoms with Gasteiger partial charge in [-0.05, 0) is 31.0 Å². The summed E-state index contributed by atoms with van der Waals surface area (Å²) in [7, 11) is -3.46. The van der Waals surface area contributed by atoms with Gasteiger partial charge in [-0.15, -0.1) is 0 Å². The number of nitrogens with two attached hydrogens (primary N) is 1. The molecule has 1 aromatic carbocycles. The summed E-state index contributed by atoms with van der Waals surface area (Å²) in [5, 5.41) is 0. The highest BCUT2D eigenvalue weighted by molar-refractivity contribution is 7.89. The molecule has 0 radical (unpaired) electrons. The van der Waals surface area contributed by atoms with Crippen LogP contribution in [0.5, 0.6) is 0 Å². The Bertz CT molecular complexity index is 557. The van der Waals surface area contributed by atoms with Crippen LogP contribution in [-0.4, -0.2) is 45.1 Å². The van der Waals surface area contributed by atoms with Gasteiger partial charge in [0.2, 0.25) is 10.0 Å². The van der Waals surface area contributed by atoms with Crippen molar-refractivity contribution in [2.75, 3.05) is 26.2 Å². The molecule has 106 valence electrons. The SMILES string of the molecule is Cc1ccc(C)c(S(=O)(=O)N2CCO[C@@H](CN)C2)c1. The van der Waals surface area contributed by atoms with Crippen molar-refractivity contribution in [1.82, 2.24) is 4.31 Å². The number of benzene rings is 1. The van der Waals surface area contributed by atoms with Crippen LogP contribution in [-0.2, 0) is 14.8 Å². The number of rotatable bonds is 3. The standard InChI is InChI=1S/C13H20N2O3S/c1-10-3-4-11(2)13(7-10)19(16,17)15-5-6-18-12(8-14)9-15/h3-4,7,12H,5-6,8-9,14H2,1-2H3/t12-/m0/s1. The predicted molar refractivity (Wildman–Crippen MR) is 73.5 cm³/mol. The zero-order valence-electron chi connectivity index (χ0n) is 11.3. The number of hydrogen-bond donors (Lipinski definition) is 1. The highest BCUT2D eigenvalue weighted by Gasteiger charge is 2.31. The Morgan fingerprint density at radius 2 is 2.16 bits per heavy atom. The Kier molecular flexibility index (Phi) is 4.25.